The summed E-state index contributed by atoms with van der Waals surface area (Å²) in [5.41, 5.74) is 1.84. The van der Waals surface area contributed by atoms with Gasteiger partial charge in [-0.05, 0) is 23.8 Å². The Morgan fingerprint density at radius 2 is 2.05 bits per heavy atom. The predicted octanol–water partition coefficient (Wildman–Crippen LogP) is 3.35. The fourth-order valence-electron chi connectivity index (χ4n) is 1.97. The van der Waals surface area contributed by atoms with Crippen LogP contribution in [0.5, 0.6) is 0 Å². The summed E-state index contributed by atoms with van der Waals surface area (Å²) in [4.78, 5) is 18.7. The minimum absolute atomic E-state index is 0.0738. The minimum atomic E-state index is -0.0738. The first kappa shape index (κ1) is 14.7. The molecule has 0 radical (unpaired) electrons. The van der Waals surface area contributed by atoms with Crippen molar-refractivity contribution in [1.29, 1.82) is 0 Å². The molecule has 6 heteroatoms. The van der Waals surface area contributed by atoms with Gasteiger partial charge in [0.1, 0.15) is 4.32 Å². The van der Waals surface area contributed by atoms with Gasteiger partial charge in [-0.3, -0.25) is 14.7 Å². The summed E-state index contributed by atoms with van der Waals surface area (Å²) in [7, 11) is 0. The first-order chi connectivity index (χ1) is 10.7. The SMILES string of the molecule is O=C1C(=Cc2ccccc2)SC(=S)N1CNc1cccnc1. The van der Waals surface area contributed by atoms with E-state index < -0.39 is 0 Å². The first-order valence-corrected chi connectivity index (χ1v) is 7.91. The average Bonchev–Trinajstić information content (AvgIpc) is 2.81. The van der Waals surface area contributed by atoms with Crippen molar-refractivity contribution in [1.82, 2.24) is 9.88 Å². The van der Waals surface area contributed by atoms with Crippen LogP contribution < -0.4 is 5.32 Å². The lowest BCUT2D eigenvalue weighted by Gasteiger charge is -2.15. The molecule has 3 rings (SSSR count). The molecule has 110 valence electrons. The summed E-state index contributed by atoms with van der Waals surface area (Å²) in [5.74, 6) is -0.0738. The summed E-state index contributed by atoms with van der Waals surface area (Å²) >= 11 is 6.62. The molecule has 1 N–H and O–H groups in total. The summed E-state index contributed by atoms with van der Waals surface area (Å²) < 4.78 is 0.559. The van der Waals surface area contributed by atoms with Gasteiger partial charge in [0.25, 0.3) is 5.91 Å². The van der Waals surface area contributed by atoms with E-state index in [2.05, 4.69) is 10.3 Å². The van der Waals surface area contributed by atoms with E-state index >= 15 is 0 Å². The normalized spacial score (nSPS) is 16.4. The van der Waals surface area contributed by atoms with Gasteiger partial charge >= 0.3 is 0 Å². The molecule has 1 aliphatic rings. The second-order valence-corrected chi connectivity index (χ2v) is 6.27. The Morgan fingerprint density at radius 1 is 1.23 bits per heavy atom. The highest BCUT2D eigenvalue weighted by Gasteiger charge is 2.31. The van der Waals surface area contributed by atoms with Crippen molar-refractivity contribution >= 4 is 46.0 Å². The van der Waals surface area contributed by atoms with Crippen LogP contribution in [-0.4, -0.2) is 26.8 Å². The van der Waals surface area contributed by atoms with Crippen molar-refractivity contribution in [3.8, 4) is 0 Å². The zero-order chi connectivity index (χ0) is 15.4. The van der Waals surface area contributed by atoms with Crippen LogP contribution in [0.1, 0.15) is 5.56 Å². The van der Waals surface area contributed by atoms with Crippen LogP contribution in [0, 0.1) is 0 Å². The van der Waals surface area contributed by atoms with Gasteiger partial charge in [-0.2, -0.15) is 0 Å². The predicted molar refractivity (Wildman–Crippen MR) is 94.2 cm³/mol. The monoisotopic (exact) mass is 327 g/mol. The van der Waals surface area contributed by atoms with Gasteiger partial charge < -0.3 is 5.32 Å². The van der Waals surface area contributed by atoms with Crippen molar-refractivity contribution in [2.45, 2.75) is 0 Å². The van der Waals surface area contributed by atoms with Gasteiger partial charge in [-0.1, -0.05) is 54.3 Å². The Hall–Kier alpha value is -2.18. The Labute approximate surface area is 138 Å². The number of carbonyl (C=O) groups excluding carboxylic acids is 1. The number of thioether (sulfide) groups is 1. The van der Waals surface area contributed by atoms with Crippen LogP contribution >= 0.6 is 24.0 Å². The molecule has 0 atom stereocenters. The molecule has 4 nitrogen and oxygen atoms in total. The second-order valence-electron chi connectivity index (χ2n) is 4.60. The standard InChI is InChI=1S/C16H13N3OS2/c20-15-14(9-12-5-2-1-3-6-12)22-16(21)19(15)11-18-13-7-4-8-17-10-13/h1-10,18H,11H2. The fourth-order valence-corrected chi connectivity index (χ4v) is 3.23. The van der Waals surface area contributed by atoms with E-state index in [1.165, 1.54) is 11.8 Å². The summed E-state index contributed by atoms with van der Waals surface area (Å²) in [6, 6.07) is 13.5. The van der Waals surface area contributed by atoms with Crippen molar-refractivity contribution in [2.75, 3.05) is 12.0 Å². The number of hydrogen-bond acceptors (Lipinski definition) is 5. The van der Waals surface area contributed by atoms with Crippen molar-refractivity contribution in [3.63, 3.8) is 0 Å². The Kier molecular flexibility index (Phi) is 4.50. The van der Waals surface area contributed by atoms with Gasteiger partial charge in [-0.15, -0.1) is 0 Å². The van der Waals surface area contributed by atoms with Crippen LogP contribution in [0.15, 0.2) is 59.8 Å². The zero-order valence-corrected chi connectivity index (χ0v) is 13.2. The van der Waals surface area contributed by atoms with Crippen molar-refractivity contribution < 1.29 is 4.79 Å². The molecule has 2 aromatic rings. The highest BCUT2D eigenvalue weighted by molar-refractivity contribution is 8.26. The van der Waals surface area contributed by atoms with Crippen molar-refractivity contribution in [2.24, 2.45) is 0 Å². The molecule has 1 aliphatic heterocycles. The van der Waals surface area contributed by atoms with E-state index in [0.29, 0.717) is 15.9 Å². The van der Waals surface area contributed by atoms with E-state index in [4.69, 9.17) is 12.2 Å². The lowest BCUT2D eigenvalue weighted by molar-refractivity contribution is -0.121. The number of amides is 1. The third kappa shape index (κ3) is 3.35. The number of hydrogen-bond donors (Lipinski definition) is 1. The Morgan fingerprint density at radius 3 is 2.77 bits per heavy atom. The molecule has 2 heterocycles. The Bertz CT molecular complexity index is 717. The minimum Gasteiger partial charge on any atom is -0.366 e. The molecule has 1 fully saturated rings. The van der Waals surface area contributed by atoms with Crippen LogP contribution in [0.25, 0.3) is 6.08 Å². The number of carbonyl (C=O) groups is 1. The number of thiocarbonyl (C=S) groups is 1. The lowest BCUT2D eigenvalue weighted by Crippen LogP contribution is -2.33. The second kappa shape index (κ2) is 6.72. The number of aromatic nitrogens is 1. The topological polar surface area (TPSA) is 45.2 Å². The van der Waals surface area contributed by atoms with E-state index in [1.54, 1.807) is 17.3 Å². The smallest absolute Gasteiger partial charge is 0.267 e. The highest BCUT2D eigenvalue weighted by Crippen LogP contribution is 2.32. The van der Waals surface area contributed by atoms with Crippen LogP contribution in [0.3, 0.4) is 0 Å². The summed E-state index contributed by atoms with van der Waals surface area (Å²) in [6.45, 7) is 0.336. The maximum atomic E-state index is 12.4. The van der Waals surface area contributed by atoms with Gasteiger partial charge in [0.15, 0.2) is 0 Å². The maximum absolute atomic E-state index is 12.4. The summed E-state index contributed by atoms with van der Waals surface area (Å²) in [5, 5.41) is 3.15. The number of rotatable bonds is 4. The van der Waals surface area contributed by atoms with Crippen molar-refractivity contribution in [3.05, 3.63) is 65.3 Å². The third-order valence-electron chi connectivity index (χ3n) is 3.07. The van der Waals surface area contributed by atoms with Crippen LogP contribution in [0.4, 0.5) is 5.69 Å². The zero-order valence-electron chi connectivity index (χ0n) is 11.6. The lowest BCUT2D eigenvalue weighted by atomic mass is 10.2. The number of benzene rings is 1. The van der Waals surface area contributed by atoms with Crippen LogP contribution in [-0.2, 0) is 4.79 Å². The van der Waals surface area contributed by atoms with Gasteiger partial charge in [-0.25, -0.2) is 0 Å². The molecule has 1 aromatic heterocycles. The molecule has 0 saturated carbocycles. The molecule has 1 aromatic carbocycles. The Balaban J connectivity index is 1.71. The largest absolute Gasteiger partial charge is 0.366 e. The maximum Gasteiger partial charge on any atom is 0.267 e. The van der Waals surface area contributed by atoms with E-state index in [1.807, 2.05) is 48.5 Å². The molecule has 0 spiro atoms. The molecule has 0 bridgehead atoms. The van der Waals surface area contributed by atoms with Gasteiger partial charge in [0, 0.05) is 12.4 Å². The number of nitrogens with zero attached hydrogens (tertiary/aromatic N) is 2. The van der Waals surface area contributed by atoms with Gasteiger partial charge in [0.2, 0.25) is 0 Å². The number of anilines is 1. The first-order valence-electron chi connectivity index (χ1n) is 6.68. The molecule has 0 aliphatic carbocycles. The molecular weight excluding hydrogens is 314 g/mol. The average molecular weight is 327 g/mol. The number of nitrogens with one attached hydrogen (secondary N) is 1. The molecule has 1 amide bonds. The molecular formula is C16H13N3OS2. The molecule has 1 saturated heterocycles. The quantitative estimate of drug-likeness (QED) is 0.689. The van der Waals surface area contributed by atoms with Gasteiger partial charge in [0.05, 0.1) is 17.3 Å². The molecule has 0 unspecified atom stereocenters. The van der Waals surface area contributed by atoms with E-state index in [9.17, 15) is 4.79 Å². The number of pyridine rings is 1. The van der Waals surface area contributed by atoms with E-state index in [-0.39, 0.29) is 5.91 Å². The fraction of sp³-hybridized carbons (Fsp3) is 0.0625. The summed E-state index contributed by atoms with van der Waals surface area (Å²) in [6.07, 6.45) is 5.27. The highest BCUT2D eigenvalue weighted by atomic mass is 32.2. The van der Waals surface area contributed by atoms with E-state index in [0.717, 1.165) is 11.3 Å². The van der Waals surface area contributed by atoms with Crippen LogP contribution in [0.2, 0.25) is 0 Å². The third-order valence-corrected chi connectivity index (χ3v) is 4.45. The molecule has 22 heavy (non-hydrogen) atoms.